The van der Waals surface area contributed by atoms with E-state index in [1.165, 1.54) is 44.5 Å². The number of benzene rings is 8. The van der Waals surface area contributed by atoms with E-state index in [-0.39, 0.29) is 70.5 Å². The van der Waals surface area contributed by atoms with Crippen LogP contribution in [0.1, 0.15) is 300 Å². The van der Waals surface area contributed by atoms with E-state index in [0.29, 0.717) is 51.4 Å². The van der Waals surface area contributed by atoms with Crippen molar-refractivity contribution in [3.05, 3.63) is 231 Å². The van der Waals surface area contributed by atoms with Gasteiger partial charge in [0.1, 0.15) is 46.0 Å². The molecule has 17 rings (SSSR count). The highest BCUT2D eigenvalue weighted by molar-refractivity contribution is 5.64. The van der Waals surface area contributed by atoms with Crippen LogP contribution in [0.5, 0.6) is 46.0 Å². The molecule has 0 aliphatic carbocycles. The lowest BCUT2D eigenvalue weighted by Gasteiger charge is -2.31. The zero-order chi connectivity index (χ0) is 71.9. The van der Waals surface area contributed by atoms with Gasteiger partial charge in [-0.05, 0) is 177 Å². The molecule has 9 heterocycles. The summed E-state index contributed by atoms with van der Waals surface area (Å²) in [6, 6.07) is 38.3. The van der Waals surface area contributed by atoms with Gasteiger partial charge in [-0.1, -0.05) is 263 Å². The summed E-state index contributed by atoms with van der Waals surface area (Å²) in [6.07, 6.45) is 4.47. The molecule has 8 aromatic carbocycles. The first-order valence-corrected chi connectivity index (χ1v) is 36.8. The van der Waals surface area contributed by atoms with Crippen LogP contribution in [0.2, 0.25) is 0 Å². The molecule has 100 heavy (non-hydrogen) atoms. The first-order valence-electron chi connectivity index (χ1n) is 36.8. The third-order valence-electron chi connectivity index (χ3n) is 21.5. The van der Waals surface area contributed by atoms with Gasteiger partial charge >= 0.3 is 0 Å². The largest absolute Gasteiger partial charge is 0.457 e. The van der Waals surface area contributed by atoms with E-state index in [4.69, 9.17) is 37.9 Å². The molecule has 9 aliphatic rings. The highest BCUT2D eigenvalue weighted by Gasteiger charge is 2.35. The molecule has 528 valence electrons. The fourth-order valence-corrected chi connectivity index (χ4v) is 15.3. The number of ether oxygens (including phenoxy) is 8. The van der Waals surface area contributed by atoms with Gasteiger partial charge in [0.15, 0.2) is 0 Å². The first kappa shape index (κ1) is 70.6. The standard InChI is InChI=1S/C92H112O8/c1-85(2,3)69-33-53-25-57-37-71(87(7,8)9)41-61-29-62-42-72(88(10,11)12)38-58(80(62)96-50-95-79(57)61)26-54-34-70(86(4,5)6)36-56-28-60-40-74(90(16,17)18)44-64-31-66-46-76(92(22,23)24)48-68(84(66)100-52-98-82(60)64)32-67-47-75(91(19,20)21)45-65-30-63-43-73(89(13,14)15)39-59(81(63)97-51-99-83(65)67)27-55(35-69)77(53)93-49-94-78(54)56/h33-48H,25-32,49-52H2,1-24H3. The maximum Gasteiger partial charge on any atom is 0.230 e. The van der Waals surface area contributed by atoms with Crippen molar-refractivity contribution in [3.8, 4) is 46.0 Å². The van der Waals surface area contributed by atoms with Crippen LogP contribution in [0.25, 0.3) is 0 Å². The van der Waals surface area contributed by atoms with E-state index in [1.807, 2.05) is 0 Å². The molecule has 0 amide bonds. The predicted molar refractivity (Wildman–Crippen MR) is 408 cm³/mol. The average Bonchev–Trinajstić information content (AvgIpc) is 0.765. The molecule has 0 saturated carbocycles. The van der Waals surface area contributed by atoms with E-state index >= 15 is 0 Å². The van der Waals surface area contributed by atoms with Crippen molar-refractivity contribution in [3.63, 3.8) is 0 Å². The zero-order valence-electron chi connectivity index (χ0n) is 65.0. The first-order chi connectivity index (χ1) is 46.5. The van der Waals surface area contributed by atoms with E-state index in [9.17, 15) is 0 Å². The summed E-state index contributed by atoms with van der Waals surface area (Å²) in [4.78, 5) is 0. The van der Waals surface area contributed by atoms with E-state index < -0.39 is 0 Å². The maximum absolute atomic E-state index is 7.66. The SMILES string of the molecule is CC(C)(C)c1cc2c3c(c1)Cc1cc(C(C)(C)C)cc4c1OCOc1c(cc(C(C)(C)C)cc1Cc1cc(C(C)(C)C)cc5c1OCOc1c(cc(C(C)(C)C)cc1Cc1cc(C(C)(C)C)cc(c1OCO3)C2)Cc1cc(C(C)(C)C)cc2c1OCOc1c(cc(C(C)(C)C)cc1C5)C2)C4. The van der Waals surface area contributed by atoms with Gasteiger partial charge in [-0.2, -0.15) is 0 Å². The van der Waals surface area contributed by atoms with Crippen LogP contribution in [0.3, 0.4) is 0 Å². The second-order valence-electron chi connectivity index (χ2n) is 38.0. The van der Waals surface area contributed by atoms with E-state index in [2.05, 4.69) is 263 Å². The Balaban J connectivity index is 1.15. The smallest absolute Gasteiger partial charge is 0.230 e. The molecule has 8 aromatic rings. The van der Waals surface area contributed by atoms with Crippen LogP contribution < -0.4 is 37.9 Å². The van der Waals surface area contributed by atoms with Gasteiger partial charge in [-0.15, -0.1) is 0 Å². The van der Waals surface area contributed by atoms with E-state index in [0.717, 1.165) is 135 Å². The Labute approximate surface area is 599 Å². The molecule has 0 radical (unpaired) electrons. The summed E-state index contributed by atoms with van der Waals surface area (Å²) in [5.74, 6) is 6.72. The van der Waals surface area contributed by atoms with Crippen molar-refractivity contribution < 1.29 is 37.9 Å². The van der Waals surface area contributed by atoms with Crippen molar-refractivity contribution in [1.82, 2.24) is 0 Å². The Morgan fingerprint density at radius 2 is 0.230 bits per heavy atom. The van der Waals surface area contributed by atoms with Crippen LogP contribution in [-0.2, 0) is 94.7 Å². The molecular weight excluding hydrogens is 1230 g/mol. The molecule has 0 saturated heterocycles. The van der Waals surface area contributed by atoms with Crippen molar-refractivity contribution in [2.24, 2.45) is 0 Å². The zero-order valence-corrected chi connectivity index (χ0v) is 65.0. The van der Waals surface area contributed by atoms with Gasteiger partial charge in [-0.25, -0.2) is 0 Å². The minimum Gasteiger partial charge on any atom is -0.457 e. The number of hydrogen-bond acceptors (Lipinski definition) is 8. The Kier molecular flexibility index (Phi) is 17.6. The predicted octanol–water partition coefficient (Wildman–Crippen LogP) is 22.0. The van der Waals surface area contributed by atoms with Gasteiger partial charge < -0.3 is 37.9 Å². The molecule has 0 unspecified atom stereocenters. The summed E-state index contributed by atoms with van der Waals surface area (Å²) in [5, 5.41) is 0. The van der Waals surface area contributed by atoms with Crippen LogP contribution in [0.15, 0.2) is 97.1 Å². The van der Waals surface area contributed by atoms with Gasteiger partial charge in [-0.3, -0.25) is 0 Å². The van der Waals surface area contributed by atoms with Crippen molar-refractivity contribution in [2.75, 3.05) is 27.2 Å². The minimum absolute atomic E-state index is 0.0220. The van der Waals surface area contributed by atoms with Crippen molar-refractivity contribution in [2.45, 2.75) is 261 Å². The van der Waals surface area contributed by atoms with Gasteiger partial charge in [0, 0.05) is 51.4 Å². The number of fused-ring (bicyclic) bond motifs is 2. The molecule has 20 bridgehead atoms. The molecule has 0 aromatic heterocycles. The molecule has 0 fully saturated rings. The van der Waals surface area contributed by atoms with Crippen LogP contribution in [-0.4, -0.2) is 27.2 Å². The van der Waals surface area contributed by atoms with Crippen molar-refractivity contribution in [1.29, 1.82) is 0 Å². The van der Waals surface area contributed by atoms with E-state index in [1.54, 1.807) is 0 Å². The molecule has 8 heteroatoms. The molecule has 0 N–H and O–H groups in total. The maximum atomic E-state index is 7.66. The normalized spacial score (nSPS) is 15.8. The lowest BCUT2D eigenvalue weighted by Crippen LogP contribution is -2.21. The second kappa shape index (κ2) is 25.0. The van der Waals surface area contributed by atoms with Gasteiger partial charge in [0.2, 0.25) is 27.2 Å². The fourth-order valence-electron chi connectivity index (χ4n) is 15.3. The summed E-state index contributed by atoms with van der Waals surface area (Å²) < 4.78 is 58.3. The van der Waals surface area contributed by atoms with Crippen molar-refractivity contribution >= 4 is 0 Å². The topological polar surface area (TPSA) is 73.8 Å². The fraction of sp³-hybridized carbons (Fsp3) is 0.478. The number of rotatable bonds is 0. The summed E-state index contributed by atoms with van der Waals surface area (Å²) in [5.41, 5.74) is 25.8. The molecule has 0 atom stereocenters. The summed E-state index contributed by atoms with van der Waals surface area (Å²) in [6.45, 7) is 55.7. The number of hydrogen-bond donors (Lipinski definition) is 0. The average molecular weight is 1350 g/mol. The minimum atomic E-state index is -0.248. The molecule has 0 spiro atoms. The lowest BCUT2D eigenvalue weighted by atomic mass is 9.79. The highest BCUT2D eigenvalue weighted by atomic mass is 16.7. The quantitative estimate of drug-likeness (QED) is 0.149. The Morgan fingerprint density at radius 3 is 0.300 bits per heavy atom. The molecule has 9 aliphatic heterocycles. The lowest BCUT2D eigenvalue weighted by molar-refractivity contribution is 0.111. The Bertz CT molecular complexity index is 4240. The molecular formula is C92H112O8. The second-order valence-corrected chi connectivity index (χ2v) is 38.0. The van der Waals surface area contributed by atoms with Crippen LogP contribution >= 0.6 is 0 Å². The van der Waals surface area contributed by atoms with Gasteiger partial charge in [0.25, 0.3) is 0 Å². The highest BCUT2D eigenvalue weighted by Crippen LogP contribution is 2.49. The summed E-state index contributed by atoms with van der Waals surface area (Å²) in [7, 11) is 0. The van der Waals surface area contributed by atoms with Gasteiger partial charge in [0.05, 0.1) is 0 Å². The monoisotopic (exact) mass is 1340 g/mol. The molecule has 8 nitrogen and oxygen atoms in total. The van der Waals surface area contributed by atoms with Crippen LogP contribution in [0, 0.1) is 0 Å². The third-order valence-corrected chi connectivity index (χ3v) is 21.5. The Morgan fingerprint density at radius 1 is 0.150 bits per heavy atom. The summed E-state index contributed by atoms with van der Waals surface area (Å²) >= 11 is 0. The Hall–Kier alpha value is -7.84. The third kappa shape index (κ3) is 14.3. The van der Waals surface area contributed by atoms with Crippen LogP contribution in [0.4, 0.5) is 0 Å².